The summed E-state index contributed by atoms with van der Waals surface area (Å²) in [4.78, 5) is 15.4. The number of nitrogens with zero attached hydrogens (tertiary/aromatic N) is 2. The van der Waals surface area contributed by atoms with Crippen molar-refractivity contribution < 1.29 is 9.90 Å². The zero-order valence-electron chi connectivity index (χ0n) is 11.6. The number of anilines is 1. The highest BCUT2D eigenvalue weighted by Gasteiger charge is 2.27. The summed E-state index contributed by atoms with van der Waals surface area (Å²) in [5, 5.41) is 9.28. The number of hydrogen-bond acceptors (Lipinski definition) is 4. The molecule has 0 aromatic heterocycles. The lowest BCUT2D eigenvalue weighted by molar-refractivity contribution is -0.117. The Labute approximate surface area is 113 Å². The topological polar surface area (TPSA) is 69.8 Å². The number of carbonyl (C=O) groups is 1. The first kappa shape index (κ1) is 14.0. The van der Waals surface area contributed by atoms with Gasteiger partial charge in [-0.15, -0.1) is 0 Å². The van der Waals surface area contributed by atoms with E-state index < -0.39 is 0 Å². The molecular weight excluding hydrogens is 242 g/mol. The van der Waals surface area contributed by atoms with Crippen molar-refractivity contribution >= 4 is 11.6 Å². The van der Waals surface area contributed by atoms with E-state index in [2.05, 4.69) is 0 Å². The van der Waals surface area contributed by atoms with E-state index in [0.717, 1.165) is 16.8 Å². The Balaban J connectivity index is 2.36. The lowest BCUT2D eigenvalue weighted by Gasteiger charge is -2.29. The van der Waals surface area contributed by atoms with Gasteiger partial charge in [0.1, 0.15) is 0 Å². The number of benzene rings is 1. The average molecular weight is 263 g/mol. The second kappa shape index (κ2) is 5.28. The number of aliphatic hydroxyl groups excluding tert-OH is 1. The molecule has 3 N–H and O–H groups in total. The van der Waals surface area contributed by atoms with E-state index >= 15 is 0 Å². The molecule has 2 atom stereocenters. The van der Waals surface area contributed by atoms with Gasteiger partial charge in [0.25, 0.3) is 0 Å². The van der Waals surface area contributed by atoms with Crippen LogP contribution in [0.25, 0.3) is 0 Å². The molecule has 0 aliphatic carbocycles. The number of carbonyl (C=O) groups excluding carboxylic acids is 1. The van der Waals surface area contributed by atoms with Gasteiger partial charge in [0.15, 0.2) is 0 Å². The Hall–Kier alpha value is -1.43. The Bertz CT molecular complexity index is 488. The monoisotopic (exact) mass is 263 g/mol. The van der Waals surface area contributed by atoms with Crippen LogP contribution in [0.15, 0.2) is 18.2 Å². The molecule has 0 saturated heterocycles. The van der Waals surface area contributed by atoms with Crippen molar-refractivity contribution in [2.75, 3.05) is 32.6 Å². The summed E-state index contributed by atoms with van der Waals surface area (Å²) in [5.41, 5.74) is 9.01. The fraction of sp³-hybridized carbons (Fsp3) is 0.500. The molecular formula is C14H21N3O2. The Kier molecular flexibility index (Phi) is 3.89. The maximum Gasteiger partial charge on any atom is 0.231 e. The number of likely N-dealkylation sites (N-methyl/N-ethyl adjacent to an activating group) is 2. The molecule has 1 aliphatic rings. The number of rotatable bonds is 4. The third kappa shape index (κ3) is 2.49. The minimum atomic E-state index is -0.345. The molecule has 0 spiro atoms. The molecule has 104 valence electrons. The molecule has 19 heavy (non-hydrogen) atoms. The van der Waals surface area contributed by atoms with Crippen LogP contribution >= 0.6 is 0 Å². The Morgan fingerprint density at radius 3 is 2.74 bits per heavy atom. The summed E-state index contributed by atoms with van der Waals surface area (Å²) < 4.78 is 0. The fourth-order valence-electron chi connectivity index (χ4n) is 2.70. The molecule has 1 aliphatic heterocycles. The Morgan fingerprint density at radius 2 is 2.16 bits per heavy atom. The van der Waals surface area contributed by atoms with Gasteiger partial charge in [-0.05, 0) is 31.3 Å². The van der Waals surface area contributed by atoms with Crippen molar-refractivity contribution in [2.45, 2.75) is 18.5 Å². The van der Waals surface area contributed by atoms with E-state index in [4.69, 9.17) is 5.73 Å². The van der Waals surface area contributed by atoms with Gasteiger partial charge in [0.05, 0.1) is 19.1 Å². The zero-order chi connectivity index (χ0) is 14.2. The summed E-state index contributed by atoms with van der Waals surface area (Å²) >= 11 is 0. The highest BCUT2D eigenvalue weighted by Crippen LogP contribution is 2.31. The van der Waals surface area contributed by atoms with Gasteiger partial charge in [0, 0.05) is 18.8 Å². The van der Waals surface area contributed by atoms with E-state index in [9.17, 15) is 9.90 Å². The molecule has 2 unspecified atom stereocenters. The number of hydrogen-bond donors (Lipinski definition) is 2. The van der Waals surface area contributed by atoms with E-state index in [1.54, 1.807) is 11.9 Å². The van der Waals surface area contributed by atoms with Crippen molar-refractivity contribution in [1.82, 2.24) is 4.90 Å². The molecule has 5 heteroatoms. The summed E-state index contributed by atoms with van der Waals surface area (Å²) in [6.07, 6.45) is 0.439. The highest BCUT2D eigenvalue weighted by atomic mass is 16.3. The molecule has 1 aromatic rings. The first-order chi connectivity index (χ1) is 8.95. The molecule has 0 fully saturated rings. The van der Waals surface area contributed by atoms with Crippen LogP contribution in [0.2, 0.25) is 0 Å². The molecule has 0 bridgehead atoms. The van der Waals surface area contributed by atoms with Crippen LogP contribution in [0.1, 0.15) is 17.2 Å². The first-order valence-electron chi connectivity index (χ1n) is 6.38. The highest BCUT2D eigenvalue weighted by molar-refractivity contribution is 6.00. The van der Waals surface area contributed by atoms with Crippen molar-refractivity contribution in [3.8, 4) is 0 Å². The third-order valence-corrected chi connectivity index (χ3v) is 3.69. The molecule has 0 saturated carbocycles. The summed E-state index contributed by atoms with van der Waals surface area (Å²) in [7, 11) is 5.66. The van der Waals surface area contributed by atoms with Crippen LogP contribution in [-0.2, 0) is 11.2 Å². The van der Waals surface area contributed by atoms with Crippen LogP contribution < -0.4 is 10.6 Å². The number of aliphatic hydroxyl groups is 1. The molecule has 1 heterocycles. The number of fused-ring (bicyclic) bond motifs is 1. The van der Waals surface area contributed by atoms with E-state index in [1.165, 1.54) is 0 Å². The predicted molar refractivity (Wildman–Crippen MR) is 75.0 cm³/mol. The lowest BCUT2D eigenvalue weighted by Crippen LogP contribution is -2.39. The van der Waals surface area contributed by atoms with Gasteiger partial charge in [-0.1, -0.05) is 12.1 Å². The number of nitrogens with two attached hydrogens (primary N) is 1. The van der Waals surface area contributed by atoms with Gasteiger partial charge < -0.3 is 20.6 Å². The van der Waals surface area contributed by atoms with E-state index in [-0.39, 0.29) is 24.6 Å². The van der Waals surface area contributed by atoms with Crippen LogP contribution in [-0.4, -0.2) is 49.7 Å². The van der Waals surface area contributed by atoms with Crippen LogP contribution in [0.4, 0.5) is 5.69 Å². The van der Waals surface area contributed by atoms with Gasteiger partial charge in [0.2, 0.25) is 5.91 Å². The smallest absolute Gasteiger partial charge is 0.231 e. The van der Waals surface area contributed by atoms with E-state index in [0.29, 0.717) is 6.42 Å². The van der Waals surface area contributed by atoms with Crippen molar-refractivity contribution in [3.63, 3.8) is 0 Å². The second-order valence-corrected chi connectivity index (χ2v) is 5.27. The lowest BCUT2D eigenvalue weighted by atomic mass is 9.96. The maximum atomic E-state index is 11.7. The quantitative estimate of drug-likeness (QED) is 0.810. The standard InChI is InChI=1S/C14H21N3O2/c1-16(2)14(11(15)8-18)9-4-5-12-10(6-9)7-13(19)17(12)3/h4-6,11,14,18H,7-8,15H2,1-3H3. The van der Waals surface area contributed by atoms with Crippen LogP contribution in [0.3, 0.4) is 0 Å². The summed E-state index contributed by atoms with van der Waals surface area (Å²) in [6, 6.07) is 5.56. The molecule has 5 nitrogen and oxygen atoms in total. The average Bonchev–Trinajstić information content (AvgIpc) is 2.64. The fourth-order valence-corrected chi connectivity index (χ4v) is 2.70. The minimum Gasteiger partial charge on any atom is -0.395 e. The normalized spacial score (nSPS) is 17.8. The van der Waals surface area contributed by atoms with Gasteiger partial charge in [-0.25, -0.2) is 0 Å². The molecule has 2 rings (SSSR count). The van der Waals surface area contributed by atoms with Crippen LogP contribution in [0.5, 0.6) is 0 Å². The molecule has 1 aromatic carbocycles. The third-order valence-electron chi connectivity index (χ3n) is 3.69. The largest absolute Gasteiger partial charge is 0.395 e. The van der Waals surface area contributed by atoms with Gasteiger partial charge in [-0.3, -0.25) is 4.79 Å². The van der Waals surface area contributed by atoms with Crippen molar-refractivity contribution in [3.05, 3.63) is 29.3 Å². The Morgan fingerprint density at radius 1 is 1.47 bits per heavy atom. The van der Waals surface area contributed by atoms with Crippen molar-refractivity contribution in [2.24, 2.45) is 5.73 Å². The number of amides is 1. The predicted octanol–water partition coefficient (Wildman–Crippen LogP) is 0.128. The van der Waals surface area contributed by atoms with Gasteiger partial charge in [-0.2, -0.15) is 0 Å². The maximum absolute atomic E-state index is 11.7. The minimum absolute atomic E-state index is 0.0590. The zero-order valence-corrected chi connectivity index (χ0v) is 11.6. The molecule has 1 amide bonds. The summed E-state index contributed by atoms with van der Waals surface area (Å²) in [5.74, 6) is 0.111. The van der Waals surface area contributed by atoms with Gasteiger partial charge >= 0.3 is 0 Å². The first-order valence-corrected chi connectivity index (χ1v) is 6.38. The molecule has 0 radical (unpaired) electrons. The van der Waals surface area contributed by atoms with Crippen LogP contribution in [0, 0.1) is 0 Å². The SMILES string of the molecule is CN1C(=O)Cc2cc(C(C(N)CO)N(C)C)ccc21. The van der Waals surface area contributed by atoms with Crippen molar-refractivity contribution in [1.29, 1.82) is 0 Å². The summed E-state index contributed by atoms with van der Waals surface area (Å²) in [6.45, 7) is -0.0707. The second-order valence-electron chi connectivity index (χ2n) is 5.27. The van der Waals surface area contributed by atoms with E-state index in [1.807, 2.05) is 37.2 Å².